The van der Waals surface area contributed by atoms with E-state index in [1.165, 1.54) is 11.1 Å². The zero-order chi connectivity index (χ0) is 9.97. The van der Waals surface area contributed by atoms with Gasteiger partial charge in [0.15, 0.2) is 0 Å². The minimum Gasteiger partial charge on any atom is -0.469 e. The van der Waals surface area contributed by atoms with E-state index in [0.717, 1.165) is 18.9 Å². The Kier molecular flexibility index (Phi) is 2.53. The zero-order valence-corrected chi connectivity index (χ0v) is 8.66. The normalized spacial score (nSPS) is 22.1. The fourth-order valence-electron chi connectivity index (χ4n) is 1.80. The molecule has 74 valence electrons. The van der Waals surface area contributed by atoms with Crippen molar-refractivity contribution in [2.24, 2.45) is 4.99 Å². The van der Waals surface area contributed by atoms with Gasteiger partial charge in [0.05, 0.1) is 0 Å². The Morgan fingerprint density at radius 1 is 1.29 bits per heavy atom. The maximum Gasteiger partial charge on any atom is 0.217 e. The topological polar surface area (TPSA) is 21.6 Å². The first kappa shape index (κ1) is 9.25. The van der Waals surface area contributed by atoms with Crippen molar-refractivity contribution in [3.63, 3.8) is 0 Å². The fourth-order valence-corrected chi connectivity index (χ4v) is 1.80. The van der Waals surface area contributed by atoms with Crippen molar-refractivity contribution in [1.29, 1.82) is 0 Å². The van der Waals surface area contributed by atoms with Crippen LogP contribution in [0.2, 0.25) is 0 Å². The smallest absolute Gasteiger partial charge is 0.217 e. The van der Waals surface area contributed by atoms with Crippen LogP contribution in [-0.4, -0.2) is 12.4 Å². The highest BCUT2D eigenvalue weighted by Crippen LogP contribution is 2.32. The quantitative estimate of drug-likeness (QED) is 0.701. The van der Waals surface area contributed by atoms with Crippen molar-refractivity contribution in [2.45, 2.75) is 26.4 Å². The van der Waals surface area contributed by atoms with Gasteiger partial charge in [-0.05, 0) is 19.4 Å². The molecule has 2 nitrogen and oxygen atoms in total. The molecule has 0 radical (unpaired) electrons. The van der Waals surface area contributed by atoms with Gasteiger partial charge in [-0.2, -0.15) is 0 Å². The monoisotopic (exact) mass is 189 g/mol. The second kappa shape index (κ2) is 3.82. The molecular formula is C12H15NO. The Hall–Kier alpha value is -1.31. The molecule has 0 amide bonds. The zero-order valence-electron chi connectivity index (χ0n) is 8.66. The number of hydrogen-bond donors (Lipinski definition) is 0. The summed E-state index contributed by atoms with van der Waals surface area (Å²) in [6, 6.07) is 8.30. The molecule has 2 rings (SSSR count). The summed E-state index contributed by atoms with van der Waals surface area (Å²) in [7, 11) is 0. The summed E-state index contributed by atoms with van der Waals surface area (Å²) in [5.74, 6) is 0.815. The Morgan fingerprint density at radius 3 is 2.79 bits per heavy atom. The van der Waals surface area contributed by atoms with Gasteiger partial charge in [0.2, 0.25) is 5.90 Å². The second-order valence-electron chi connectivity index (χ2n) is 3.38. The lowest BCUT2D eigenvalue weighted by molar-refractivity contribution is 0.204. The molecular weight excluding hydrogens is 174 g/mol. The molecule has 1 atom stereocenters. The number of hydrogen-bond acceptors (Lipinski definition) is 2. The molecule has 0 fully saturated rings. The number of fused-ring (bicyclic) bond motifs is 1. The van der Waals surface area contributed by atoms with Crippen molar-refractivity contribution in [3.05, 3.63) is 35.4 Å². The van der Waals surface area contributed by atoms with E-state index >= 15 is 0 Å². The van der Waals surface area contributed by atoms with Gasteiger partial charge >= 0.3 is 0 Å². The molecule has 14 heavy (non-hydrogen) atoms. The lowest BCUT2D eigenvalue weighted by Crippen LogP contribution is -1.99. The highest BCUT2D eigenvalue weighted by atomic mass is 16.5. The summed E-state index contributed by atoms with van der Waals surface area (Å²) in [5.41, 5.74) is 2.45. The molecule has 0 saturated heterocycles. The van der Waals surface area contributed by atoms with E-state index in [0.29, 0.717) is 0 Å². The van der Waals surface area contributed by atoms with Crippen LogP contribution in [0.5, 0.6) is 0 Å². The van der Waals surface area contributed by atoms with Crippen LogP contribution in [0, 0.1) is 0 Å². The fraction of sp³-hybridized carbons (Fsp3) is 0.417. The molecule has 2 heteroatoms. The average Bonchev–Trinajstić information content (AvgIpc) is 2.58. The third-order valence-corrected chi connectivity index (χ3v) is 2.46. The largest absolute Gasteiger partial charge is 0.469 e. The molecule has 1 aromatic rings. The van der Waals surface area contributed by atoms with Crippen LogP contribution in [0.4, 0.5) is 0 Å². The molecule has 0 saturated carbocycles. The first-order valence-electron chi connectivity index (χ1n) is 5.17. The molecule has 1 aliphatic heterocycles. The lowest BCUT2D eigenvalue weighted by atomic mass is 10.0. The predicted octanol–water partition coefficient (Wildman–Crippen LogP) is 2.93. The van der Waals surface area contributed by atoms with E-state index in [1.807, 2.05) is 13.0 Å². The van der Waals surface area contributed by atoms with Crippen LogP contribution in [0.25, 0.3) is 0 Å². The highest BCUT2D eigenvalue weighted by Gasteiger charge is 2.26. The van der Waals surface area contributed by atoms with Crippen LogP contribution in [0.1, 0.15) is 37.5 Å². The van der Waals surface area contributed by atoms with Crippen molar-refractivity contribution in [3.8, 4) is 0 Å². The summed E-state index contributed by atoms with van der Waals surface area (Å²) >= 11 is 0. The molecule has 1 aliphatic rings. The molecule has 0 aromatic heterocycles. The van der Waals surface area contributed by atoms with E-state index < -0.39 is 0 Å². The summed E-state index contributed by atoms with van der Waals surface area (Å²) in [6.45, 7) is 4.94. The van der Waals surface area contributed by atoms with Crippen molar-refractivity contribution in [1.82, 2.24) is 0 Å². The maximum atomic E-state index is 5.77. The third kappa shape index (κ3) is 1.41. The summed E-state index contributed by atoms with van der Waals surface area (Å²) in [4.78, 5) is 4.36. The van der Waals surface area contributed by atoms with Crippen LogP contribution < -0.4 is 0 Å². The van der Waals surface area contributed by atoms with Crippen LogP contribution in [-0.2, 0) is 4.74 Å². The molecule has 1 unspecified atom stereocenters. The Bertz CT molecular complexity index is 357. The van der Waals surface area contributed by atoms with E-state index in [4.69, 9.17) is 4.74 Å². The molecule has 0 bridgehead atoms. The number of benzene rings is 1. The van der Waals surface area contributed by atoms with E-state index in [1.54, 1.807) is 0 Å². The van der Waals surface area contributed by atoms with E-state index in [-0.39, 0.29) is 6.10 Å². The van der Waals surface area contributed by atoms with Gasteiger partial charge in [0, 0.05) is 17.7 Å². The minimum atomic E-state index is 0.205. The van der Waals surface area contributed by atoms with E-state index in [9.17, 15) is 0 Å². The standard InChI is InChI=1S/C12H15NO/c1-3-11-9-7-5-6-8-10(9)12(14-11)13-4-2/h5-8,11H,3-4H2,1-2H3. The van der Waals surface area contributed by atoms with Gasteiger partial charge in [-0.1, -0.05) is 25.1 Å². The van der Waals surface area contributed by atoms with Crippen molar-refractivity contribution in [2.75, 3.05) is 6.54 Å². The first-order chi connectivity index (χ1) is 6.86. The Morgan fingerprint density at radius 2 is 2.07 bits per heavy atom. The first-order valence-corrected chi connectivity index (χ1v) is 5.17. The lowest BCUT2D eigenvalue weighted by Gasteiger charge is -2.07. The minimum absolute atomic E-state index is 0.205. The van der Waals surface area contributed by atoms with Crippen molar-refractivity contribution < 1.29 is 4.74 Å². The summed E-state index contributed by atoms with van der Waals surface area (Å²) in [6.07, 6.45) is 1.20. The summed E-state index contributed by atoms with van der Waals surface area (Å²) < 4.78 is 5.77. The number of ether oxygens (including phenoxy) is 1. The summed E-state index contributed by atoms with van der Waals surface area (Å²) in [5, 5.41) is 0. The van der Waals surface area contributed by atoms with Gasteiger partial charge in [-0.3, -0.25) is 4.99 Å². The maximum absolute atomic E-state index is 5.77. The van der Waals surface area contributed by atoms with Crippen LogP contribution in [0.15, 0.2) is 29.3 Å². The predicted molar refractivity (Wildman–Crippen MR) is 57.6 cm³/mol. The van der Waals surface area contributed by atoms with Crippen LogP contribution in [0.3, 0.4) is 0 Å². The number of nitrogens with zero attached hydrogens (tertiary/aromatic N) is 1. The number of aliphatic imine (C=N–C) groups is 1. The van der Waals surface area contributed by atoms with Crippen molar-refractivity contribution >= 4 is 5.90 Å². The van der Waals surface area contributed by atoms with Gasteiger partial charge < -0.3 is 4.74 Å². The Labute approximate surface area is 84.6 Å². The number of rotatable bonds is 2. The molecule has 1 heterocycles. The van der Waals surface area contributed by atoms with Gasteiger partial charge in [-0.15, -0.1) is 0 Å². The van der Waals surface area contributed by atoms with E-state index in [2.05, 4.69) is 30.1 Å². The van der Waals surface area contributed by atoms with Gasteiger partial charge in [0.25, 0.3) is 0 Å². The molecule has 0 aliphatic carbocycles. The molecule has 0 spiro atoms. The highest BCUT2D eigenvalue weighted by molar-refractivity contribution is 5.98. The third-order valence-electron chi connectivity index (χ3n) is 2.46. The second-order valence-corrected chi connectivity index (χ2v) is 3.38. The Balaban J connectivity index is 2.43. The van der Waals surface area contributed by atoms with Crippen LogP contribution >= 0.6 is 0 Å². The average molecular weight is 189 g/mol. The SMILES string of the molecule is CCN=C1OC(CC)c2ccccc21. The molecule has 1 aromatic carbocycles. The van der Waals surface area contributed by atoms with Gasteiger partial charge in [0.1, 0.15) is 6.10 Å². The van der Waals surface area contributed by atoms with Gasteiger partial charge in [-0.25, -0.2) is 0 Å². The molecule has 0 N–H and O–H groups in total.